The molecule has 2 rings (SSSR count). The lowest BCUT2D eigenvalue weighted by atomic mass is 10.5. The lowest BCUT2D eigenvalue weighted by Gasteiger charge is -2.20. The molecule has 2 heterocycles. The van der Waals surface area contributed by atoms with E-state index in [4.69, 9.17) is 71.8 Å². The number of rotatable bonds is 9. The Hall–Kier alpha value is -1.02. The standard InChI is InChI=1S/C9H11Cl3NO3PS.C6H8ClN5O2S/c1-3-14-17(18,15-4-2)16-9-7(11)5-6(10)8(12)13-9;1-8-6(11-12(13)14)10-3-4-2-9-5(7)15-4/h5H,3-4H2,1-2H3;2H,3H2,1H3,(H2,8,10,11). The van der Waals surface area contributed by atoms with E-state index in [0.717, 1.165) is 4.88 Å². The van der Waals surface area contributed by atoms with E-state index in [1.165, 1.54) is 24.5 Å². The molecule has 0 aliphatic carbocycles. The first-order valence-corrected chi connectivity index (χ1v) is 13.8. The summed E-state index contributed by atoms with van der Waals surface area (Å²) in [6.45, 7) is 1.75. The van der Waals surface area contributed by atoms with Crippen LogP contribution in [0.15, 0.2) is 17.4 Å². The number of hydrogen-bond acceptors (Lipinski definition) is 9. The van der Waals surface area contributed by atoms with E-state index in [1.807, 2.05) is 0 Å². The molecule has 2 N–H and O–H groups in total. The Morgan fingerprint density at radius 2 is 1.91 bits per heavy atom. The molecule has 0 unspecified atom stereocenters. The number of guanidine groups is 1. The molecule has 0 atom stereocenters. The first-order chi connectivity index (χ1) is 15.5. The summed E-state index contributed by atoms with van der Waals surface area (Å²) in [5.41, 5.74) is 0. The van der Waals surface area contributed by atoms with Crippen LogP contribution in [-0.2, 0) is 27.4 Å². The van der Waals surface area contributed by atoms with Gasteiger partial charge in [-0.3, -0.25) is 9.05 Å². The number of nitrogens with zero attached hydrogens (tertiary/aromatic N) is 4. The van der Waals surface area contributed by atoms with Gasteiger partial charge in [0.15, 0.2) is 14.7 Å². The van der Waals surface area contributed by atoms with Gasteiger partial charge in [0.1, 0.15) is 10.1 Å². The van der Waals surface area contributed by atoms with Crippen LogP contribution in [0.2, 0.25) is 19.7 Å². The summed E-state index contributed by atoms with van der Waals surface area (Å²) in [6, 6.07) is 1.42. The molecular formula is C15H19Cl4N6O5PS2. The number of pyridine rings is 1. The van der Waals surface area contributed by atoms with E-state index in [9.17, 15) is 10.1 Å². The molecule has 2 aromatic heterocycles. The molecule has 2 aromatic rings. The number of hydrazone groups is 1. The minimum Gasteiger partial charge on any atom is -0.404 e. The Morgan fingerprint density at radius 3 is 2.39 bits per heavy atom. The van der Waals surface area contributed by atoms with E-state index >= 15 is 0 Å². The summed E-state index contributed by atoms with van der Waals surface area (Å²) < 4.78 is 16.5. The summed E-state index contributed by atoms with van der Waals surface area (Å²) >= 11 is 29.6. The zero-order chi connectivity index (χ0) is 25.0. The SMILES string of the molecule is CCOP(=S)(OCC)Oc1nc(Cl)c(Cl)cc1Cl.CN/C(=N\[N+](=O)[O-])NCc1cnc(Cl)s1. The summed E-state index contributed by atoms with van der Waals surface area (Å²) in [6.07, 6.45) is 1.60. The second-order valence-corrected chi connectivity index (χ2v) is 11.1. The second-order valence-electron chi connectivity index (χ2n) is 5.29. The minimum absolute atomic E-state index is 0.0521. The molecule has 33 heavy (non-hydrogen) atoms. The highest BCUT2D eigenvalue weighted by Crippen LogP contribution is 2.51. The summed E-state index contributed by atoms with van der Waals surface area (Å²) in [5.74, 6) is 0.140. The highest BCUT2D eigenvalue weighted by Gasteiger charge is 2.24. The number of halogens is 4. The fourth-order valence-corrected chi connectivity index (χ4v) is 5.30. The third kappa shape index (κ3) is 11.3. The first kappa shape index (κ1) is 30.0. The highest BCUT2D eigenvalue weighted by atomic mass is 35.5. The van der Waals surface area contributed by atoms with Gasteiger partial charge in [0.05, 0.1) is 24.8 Å². The molecule has 18 heteroatoms. The van der Waals surface area contributed by atoms with Crippen molar-refractivity contribution in [2.75, 3.05) is 20.3 Å². The smallest absolute Gasteiger partial charge is 0.381 e. The first-order valence-electron chi connectivity index (χ1n) is 8.88. The highest BCUT2D eigenvalue weighted by molar-refractivity contribution is 8.07. The van der Waals surface area contributed by atoms with Gasteiger partial charge < -0.3 is 15.2 Å². The lowest BCUT2D eigenvalue weighted by molar-refractivity contribution is -0.485. The van der Waals surface area contributed by atoms with Crippen LogP contribution in [0.25, 0.3) is 0 Å². The Labute approximate surface area is 219 Å². The maximum absolute atomic E-state index is 10.1. The quantitative estimate of drug-likeness (QED) is 0.0967. The Morgan fingerprint density at radius 1 is 1.27 bits per heavy atom. The summed E-state index contributed by atoms with van der Waals surface area (Å²) in [5, 5.41) is 18.2. The summed E-state index contributed by atoms with van der Waals surface area (Å²) in [4.78, 5) is 18.7. The van der Waals surface area contributed by atoms with Gasteiger partial charge in [0, 0.05) is 29.9 Å². The molecule has 0 aliphatic heterocycles. The van der Waals surface area contributed by atoms with E-state index in [0.29, 0.717) is 24.2 Å². The van der Waals surface area contributed by atoms with Crippen molar-refractivity contribution in [3.8, 4) is 5.88 Å². The van der Waals surface area contributed by atoms with Crippen LogP contribution in [0.3, 0.4) is 0 Å². The van der Waals surface area contributed by atoms with Crippen LogP contribution in [0.4, 0.5) is 0 Å². The number of nitro groups is 1. The van der Waals surface area contributed by atoms with Gasteiger partial charge in [0.2, 0.25) is 5.88 Å². The van der Waals surface area contributed by atoms with Gasteiger partial charge >= 0.3 is 6.72 Å². The van der Waals surface area contributed by atoms with Crippen LogP contribution >= 0.6 is 64.5 Å². The van der Waals surface area contributed by atoms with Crippen LogP contribution in [0.5, 0.6) is 5.88 Å². The van der Waals surface area contributed by atoms with E-state index in [-0.39, 0.29) is 27.0 Å². The maximum Gasteiger partial charge on any atom is 0.381 e. The van der Waals surface area contributed by atoms with Crippen molar-refractivity contribution in [1.29, 1.82) is 0 Å². The van der Waals surface area contributed by atoms with Crippen molar-refractivity contribution in [2.24, 2.45) is 5.10 Å². The lowest BCUT2D eigenvalue weighted by Crippen LogP contribution is -2.34. The van der Waals surface area contributed by atoms with Crippen LogP contribution in [-0.4, -0.2) is 41.2 Å². The molecule has 0 aromatic carbocycles. The Kier molecular flexibility index (Phi) is 13.7. The monoisotopic (exact) mass is 598 g/mol. The van der Waals surface area contributed by atoms with Crippen molar-refractivity contribution in [2.45, 2.75) is 20.4 Å². The summed E-state index contributed by atoms with van der Waals surface area (Å²) in [7, 11) is 1.54. The Balaban J connectivity index is 0.000000335. The van der Waals surface area contributed by atoms with E-state index < -0.39 is 11.8 Å². The van der Waals surface area contributed by atoms with Crippen molar-refractivity contribution in [3.63, 3.8) is 0 Å². The second kappa shape index (κ2) is 15.1. The average Bonchev–Trinajstić information content (AvgIpc) is 3.15. The van der Waals surface area contributed by atoms with Gasteiger partial charge in [-0.1, -0.05) is 46.4 Å². The molecule has 0 bridgehead atoms. The molecule has 11 nitrogen and oxygen atoms in total. The molecular weight excluding hydrogens is 581 g/mol. The molecule has 184 valence electrons. The fraction of sp³-hybridized carbons (Fsp3) is 0.400. The normalized spacial score (nSPS) is 11.4. The fourth-order valence-electron chi connectivity index (χ4n) is 1.80. The molecule has 0 amide bonds. The zero-order valence-electron chi connectivity index (χ0n) is 17.4. The number of aromatic nitrogens is 2. The topological polar surface area (TPSA) is 133 Å². The van der Waals surface area contributed by atoms with Crippen molar-refractivity contribution < 1.29 is 18.6 Å². The van der Waals surface area contributed by atoms with Crippen LogP contribution in [0, 0.1) is 10.1 Å². The van der Waals surface area contributed by atoms with Gasteiger partial charge in [0.25, 0.3) is 5.96 Å². The predicted molar refractivity (Wildman–Crippen MR) is 135 cm³/mol. The van der Waals surface area contributed by atoms with Crippen LogP contribution < -0.4 is 15.2 Å². The number of nitrogens with one attached hydrogen (secondary N) is 2. The maximum atomic E-state index is 10.1. The molecule has 0 saturated carbocycles. The Bertz CT molecular complexity index is 1010. The number of thiazole rings is 1. The zero-order valence-corrected chi connectivity index (χ0v) is 22.9. The predicted octanol–water partition coefficient (Wildman–Crippen LogP) is 5.37. The average molecular weight is 600 g/mol. The van der Waals surface area contributed by atoms with Crippen molar-refractivity contribution in [1.82, 2.24) is 20.6 Å². The van der Waals surface area contributed by atoms with Crippen LogP contribution in [0.1, 0.15) is 18.7 Å². The molecule has 0 spiro atoms. The van der Waals surface area contributed by atoms with Gasteiger partial charge in [-0.2, -0.15) is 4.98 Å². The molecule has 0 radical (unpaired) electrons. The third-order valence-corrected chi connectivity index (χ3v) is 7.46. The number of hydrogen-bond donors (Lipinski definition) is 2. The minimum atomic E-state index is -2.92. The van der Waals surface area contributed by atoms with Gasteiger partial charge in [-0.15, -0.1) is 11.3 Å². The van der Waals surface area contributed by atoms with Gasteiger partial charge in [-0.05, 0) is 19.9 Å². The largest absolute Gasteiger partial charge is 0.404 e. The van der Waals surface area contributed by atoms with Gasteiger partial charge in [-0.25, -0.2) is 15.1 Å². The third-order valence-electron chi connectivity index (χ3n) is 3.00. The molecule has 0 aliphatic rings. The van der Waals surface area contributed by atoms with E-state index in [1.54, 1.807) is 20.0 Å². The molecule has 0 fully saturated rings. The van der Waals surface area contributed by atoms with E-state index in [2.05, 4.69) is 25.7 Å². The van der Waals surface area contributed by atoms with Crippen molar-refractivity contribution in [3.05, 3.63) is 46.9 Å². The van der Waals surface area contributed by atoms with Crippen molar-refractivity contribution >= 4 is 82.2 Å². The molecule has 0 saturated heterocycles.